The molecule has 2 rings (SSSR count). The average molecular weight is 270 g/mol. The number of rotatable bonds is 6. The lowest BCUT2D eigenvalue weighted by atomic mass is 9.95. The highest BCUT2D eigenvalue weighted by molar-refractivity contribution is 7.54. The second-order valence-corrected chi connectivity index (χ2v) is 6.99. The quantitative estimate of drug-likeness (QED) is 0.744. The molecule has 0 N–H and O–H groups in total. The molecule has 0 saturated heterocycles. The van der Waals surface area contributed by atoms with Crippen molar-refractivity contribution in [2.45, 2.75) is 31.2 Å². The topological polar surface area (TPSA) is 44.8 Å². The van der Waals surface area contributed by atoms with E-state index in [1.54, 1.807) is 0 Å². The van der Waals surface area contributed by atoms with Crippen LogP contribution in [0.3, 0.4) is 0 Å². The Kier molecular flexibility index (Phi) is 4.57. The molecule has 100 valence electrons. The minimum absolute atomic E-state index is 0.0201. The van der Waals surface area contributed by atoms with Gasteiger partial charge in [0.1, 0.15) is 0 Å². The van der Waals surface area contributed by atoms with E-state index in [4.69, 9.17) is 13.8 Å². The molecule has 0 spiro atoms. The van der Waals surface area contributed by atoms with Crippen molar-refractivity contribution in [1.82, 2.24) is 0 Å². The highest BCUT2D eigenvalue weighted by atomic mass is 31.2. The summed E-state index contributed by atoms with van der Waals surface area (Å²) in [6.07, 6.45) is 1.64. The summed E-state index contributed by atoms with van der Waals surface area (Å²) >= 11 is 0. The van der Waals surface area contributed by atoms with Crippen LogP contribution in [-0.4, -0.2) is 26.0 Å². The molecule has 0 atom stereocenters. The van der Waals surface area contributed by atoms with Gasteiger partial charge in [0.25, 0.3) is 0 Å². The van der Waals surface area contributed by atoms with Crippen molar-refractivity contribution in [3.8, 4) is 0 Å². The van der Waals surface area contributed by atoms with Gasteiger partial charge in [-0.05, 0) is 18.4 Å². The summed E-state index contributed by atoms with van der Waals surface area (Å²) in [5.74, 6) is 0. The molecule has 1 aromatic carbocycles. The maximum atomic E-state index is 12.1. The van der Waals surface area contributed by atoms with Gasteiger partial charge in [0.05, 0.1) is 18.4 Å². The summed E-state index contributed by atoms with van der Waals surface area (Å²) in [6, 6.07) is 10.0. The number of ether oxygens (including phenoxy) is 1. The highest BCUT2D eigenvalue weighted by Crippen LogP contribution is 2.59. The van der Waals surface area contributed by atoms with Crippen LogP contribution in [0.5, 0.6) is 0 Å². The molecule has 18 heavy (non-hydrogen) atoms. The SMILES string of the molecule is COP(=O)(OC)C1CC(OCc2ccccc2)C1. The predicted molar refractivity (Wildman–Crippen MR) is 69.7 cm³/mol. The van der Waals surface area contributed by atoms with E-state index in [1.807, 2.05) is 30.3 Å². The first kappa shape index (κ1) is 13.8. The minimum Gasteiger partial charge on any atom is -0.373 e. The molecule has 1 aromatic rings. The molecule has 5 heteroatoms. The lowest BCUT2D eigenvalue weighted by molar-refractivity contribution is -0.0113. The second kappa shape index (κ2) is 5.98. The van der Waals surface area contributed by atoms with Crippen molar-refractivity contribution in [1.29, 1.82) is 0 Å². The number of benzene rings is 1. The van der Waals surface area contributed by atoms with Crippen LogP contribution in [0.1, 0.15) is 18.4 Å². The molecule has 0 heterocycles. The van der Waals surface area contributed by atoms with E-state index in [1.165, 1.54) is 14.2 Å². The van der Waals surface area contributed by atoms with Gasteiger partial charge in [-0.15, -0.1) is 0 Å². The third kappa shape index (κ3) is 3.01. The Morgan fingerprint density at radius 3 is 2.33 bits per heavy atom. The second-order valence-electron chi connectivity index (χ2n) is 4.45. The fraction of sp³-hybridized carbons (Fsp3) is 0.538. The zero-order valence-corrected chi connectivity index (χ0v) is 11.6. The van der Waals surface area contributed by atoms with E-state index < -0.39 is 7.60 Å². The molecule has 1 saturated carbocycles. The van der Waals surface area contributed by atoms with Crippen molar-refractivity contribution in [3.05, 3.63) is 35.9 Å². The van der Waals surface area contributed by atoms with Gasteiger partial charge in [-0.2, -0.15) is 0 Å². The molecule has 0 aliphatic heterocycles. The highest BCUT2D eigenvalue weighted by Gasteiger charge is 2.44. The van der Waals surface area contributed by atoms with Gasteiger partial charge in [0.15, 0.2) is 0 Å². The first-order valence-corrected chi connectivity index (χ1v) is 7.66. The van der Waals surface area contributed by atoms with Gasteiger partial charge in [-0.1, -0.05) is 30.3 Å². The molecule has 1 fully saturated rings. The summed E-state index contributed by atoms with van der Waals surface area (Å²) in [6.45, 7) is 0.600. The molecule has 1 aliphatic carbocycles. The van der Waals surface area contributed by atoms with Crippen molar-refractivity contribution in [3.63, 3.8) is 0 Å². The van der Waals surface area contributed by atoms with Crippen LogP contribution in [0.15, 0.2) is 30.3 Å². The summed E-state index contributed by atoms with van der Waals surface area (Å²) in [7, 11) is -0.0324. The molecule has 1 aliphatic rings. The van der Waals surface area contributed by atoms with Crippen LogP contribution < -0.4 is 0 Å². The Morgan fingerprint density at radius 1 is 1.17 bits per heavy atom. The van der Waals surface area contributed by atoms with Gasteiger partial charge in [0, 0.05) is 14.2 Å². The van der Waals surface area contributed by atoms with E-state index in [9.17, 15) is 4.57 Å². The molecular formula is C13H19O4P. The van der Waals surface area contributed by atoms with Crippen molar-refractivity contribution < 1.29 is 18.3 Å². The van der Waals surface area contributed by atoms with Gasteiger partial charge in [-0.25, -0.2) is 0 Å². The molecular weight excluding hydrogens is 251 g/mol. The van der Waals surface area contributed by atoms with Crippen LogP contribution in [0.4, 0.5) is 0 Å². The Bertz CT molecular complexity index is 406. The van der Waals surface area contributed by atoms with Crippen molar-refractivity contribution in [2.24, 2.45) is 0 Å². The third-order valence-electron chi connectivity index (χ3n) is 3.35. The summed E-state index contributed by atoms with van der Waals surface area (Å²) in [4.78, 5) is 0. The number of hydrogen-bond donors (Lipinski definition) is 0. The first-order valence-electron chi connectivity index (χ1n) is 6.04. The molecule has 0 aromatic heterocycles. The maximum absolute atomic E-state index is 12.1. The summed E-state index contributed by atoms with van der Waals surface area (Å²) in [5.41, 5.74) is 1.14. The Balaban J connectivity index is 1.75. The zero-order chi connectivity index (χ0) is 13.0. The van der Waals surface area contributed by atoms with Crippen LogP contribution in [0.2, 0.25) is 0 Å². The van der Waals surface area contributed by atoms with Crippen LogP contribution >= 0.6 is 7.60 Å². The van der Waals surface area contributed by atoms with Crippen LogP contribution in [0, 0.1) is 0 Å². The lowest BCUT2D eigenvalue weighted by Crippen LogP contribution is -2.36. The Morgan fingerprint density at radius 2 is 1.78 bits per heavy atom. The van der Waals surface area contributed by atoms with Gasteiger partial charge < -0.3 is 13.8 Å². The van der Waals surface area contributed by atoms with Crippen LogP contribution in [-0.2, 0) is 25.0 Å². The smallest absolute Gasteiger partial charge is 0.333 e. The number of hydrogen-bond acceptors (Lipinski definition) is 4. The monoisotopic (exact) mass is 270 g/mol. The first-order chi connectivity index (χ1) is 8.68. The van der Waals surface area contributed by atoms with E-state index in [2.05, 4.69) is 0 Å². The zero-order valence-electron chi connectivity index (χ0n) is 10.7. The minimum atomic E-state index is -2.90. The lowest BCUT2D eigenvalue weighted by Gasteiger charge is -2.37. The Labute approximate surface area is 108 Å². The molecule has 0 unspecified atom stereocenters. The predicted octanol–water partition coefficient (Wildman–Crippen LogP) is 3.22. The van der Waals surface area contributed by atoms with Gasteiger partial charge in [0.2, 0.25) is 0 Å². The van der Waals surface area contributed by atoms with E-state index in [-0.39, 0.29) is 11.8 Å². The van der Waals surface area contributed by atoms with E-state index >= 15 is 0 Å². The van der Waals surface area contributed by atoms with E-state index in [0.717, 1.165) is 18.4 Å². The summed E-state index contributed by atoms with van der Waals surface area (Å²) in [5, 5.41) is 0. The fourth-order valence-electron chi connectivity index (χ4n) is 2.09. The molecule has 0 amide bonds. The standard InChI is InChI=1S/C13H19O4P/c1-15-18(14,16-2)13-8-12(9-13)17-10-11-6-4-3-5-7-11/h3-7,12-13H,8-10H2,1-2H3. The molecule has 0 bridgehead atoms. The largest absolute Gasteiger partial charge is 0.373 e. The average Bonchev–Trinajstić information content (AvgIpc) is 2.37. The summed E-state index contributed by atoms with van der Waals surface area (Å²) < 4.78 is 27.8. The molecule has 4 nitrogen and oxygen atoms in total. The van der Waals surface area contributed by atoms with Crippen LogP contribution in [0.25, 0.3) is 0 Å². The molecule has 0 radical (unpaired) electrons. The van der Waals surface area contributed by atoms with Crippen molar-refractivity contribution in [2.75, 3.05) is 14.2 Å². The normalized spacial score (nSPS) is 23.7. The third-order valence-corrected chi connectivity index (χ3v) is 5.69. The van der Waals surface area contributed by atoms with Gasteiger partial charge >= 0.3 is 7.60 Å². The van der Waals surface area contributed by atoms with E-state index in [0.29, 0.717) is 6.61 Å². The maximum Gasteiger partial charge on any atom is 0.333 e. The Hall–Kier alpha value is -0.670. The van der Waals surface area contributed by atoms with Crippen molar-refractivity contribution >= 4 is 7.60 Å². The fourth-order valence-corrected chi connectivity index (χ4v) is 3.83. The van der Waals surface area contributed by atoms with Gasteiger partial charge in [-0.3, -0.25) is 4.57 Å².